The maximum atomic E-state index is 10.9. The van der Waals surface area contributed by atoms with Gasteiger partial charge in [-0.25, -0.2) is 4.79 Å². The lowest BCUT2D eigenvalue weighted by Crippen LogP contribution is -2.29. The van der Waals surface area contributed by atoms with Gasteiger partial charge in [-0.15, -0.1) is 0 Å². The number of rotatable bonds is 4. The lowest BCUT2D eigenvalue weighted by molar-refractivity contribution is -0.137. The molecule has 0 radical (unpaired) electrons. The number of hydrogen-bond acceptors (Lipinski definition) is 2. The molecule has 0 aliphatic carbocycles. The Morgan fingerprint density at radius 3 is 2.40 bits per heavy atom. The first-order valence-corrected chi connectivity index (χ1v) is 4.79. The van der Waals surface area contributed by atoms with Crippen LogP contribution in [0, 0.1) is 0 Å². The number of carboxylic acids is 1. The van der Waals surface area contributed by atoms with Crippen molar-refractivity contribution in [2.45, 2.75) is 13.0 Å². The van der Waals surface area contributed by atoms with Crippen molar-refractivity contribution in [1.82, 2.24) is 0 Å². The summed E-state index contributed by atoms with van der Waals surface area (Å²) in [5, 5.41) is 12.4. The van der Waals surface area contributed by atoms with Gasteiger partial charge in [0.15, 0.2) is 0 Å². The van der Waals surface area contributed by atoms with Gasteiger partial charge in [0.05, 0.1) is 0 Å². The van der Waals surface area contributed by atoms with Gasteiger partial charge in [-0.1, -0.05) is 18.2 Å². The van der Waals surface area contributed by atoms with Crippen LogP contribution in [0.1, 0.15) is 6.92 Å². The lowest BCUT2D eigenvalue weighted by Gasteiger charge is -2.15. The van der Waals surface area contributed by atoms with Crippen LogP contribution in [0.3, 0.4) is 0 Å². The highest BCUT2D eigenvalue weighted by Gasteiger charge is 2.17. The van der Waals surface area contributed by atoms with Gasteiger partial charge in [0, 0.05) is 10.7 Å². The Labute approximate surface area is 93.4 Å². The Hall–Kier alpha value is -1.48. The number of benzene rings is 1. The molecule has 3 nitrogen and oxygen atoms in total. The Morgan fingerprint density at radius 1 is 1.47 bits per heavy atom. The van der Waals surface area contributed by atoms with Crippen LogP contribution < -0.4 is 5.32 Å². The zero-order valence-electron chi connectivity index (χ0n) is 8.33. The molecule has 0 saturated carbocycles. The molecular formula is C11H12ClNO2. The first-order valence-electron chi connectivity index (χ1n) is 4.41. The third-order valence-corrected chi connectivity index (χ3v) is 2.15. The molecule has 1 aromatic carbocycles. The molecule has 0 aliphatic heterocycles. The Kier molecular flexibility index (Phi) is 3.74. The summed E-state index contributed by atoms with van der Waals surface area (Å²) >= 11 is 5.71. The van der Waals surface area contributed by atoms with Crippen LogP contribution in [-0.4, -0.2) is 17.1 Å². The highest BCUT2D eigenvalue weighted by Crippen LogP contribution is 2.15. The number of aliphatic carboxylic acids is 1. The van der Waals surface area contributed by atoms with E-state index in [0.29, 0.717) is 16.3 Å². The second-order valence-corrected chi connectivity index (χ2v) is 3.71. The van der Waals surface area contributed by atoms with Crippen molar-refractivity contribution >= 4 is 23.3 Å². The molecule has 80 valence electrons. The second kappa shape index (κ2) is 4.84. The smallest absolute Gasteiger partial charge is 0.330 e. The largest absolute Gasteiger partial charge is 0.479 e. The van der Waals surface area contributed by atoms with E-state index in [1.165, 1.54) is 0 Å². The van der Waals surface area contributed by atoms with Crippen molar-refractivity contribution in [1.29, 1.82) is 0 Å². The first-order chi connectivity index (χ1) is 7.00. The van der Waals surface area contributed by atoms with E-state index >= 15 is 0 Å². The van der Waals surface area contributed by atoms with Gasteiger partial charge in [0.1, 0.15) is 6.04 Å². The first kappa shape index (κ1) is 11.6. The summed E-state index contributed by atoms with van der Waals surface area (Å²) in [4.78, 5) is 10.9. The van der Waals surface area contributed by atoms with E-state index in [4.69, 9.17) is 16.7 Å². The molecule has 2 N–H and O–H groups in total. The Bertz CT molecular complexity index is 359. The van der Waals surface area contributed by atoms with Gasteiger partial charge < -0.3 is 10.4 Å². The number of hydrogen-bond donors (Lipinski definition) is 2. The van der Waals surface area contributed by atoms with E-state index in [-0.39, 0.29) is 0 Å². The summed E-state index contributed by atoms with van der Waals surface area (Å²) in [6.07, 6.45) is 0. The number of carboxylic acid groups (broad SMARTS) is 1. The fraction of sp³-hybridized carbons (Fsp3) is 0.182. The van der Waals surface area contributed by atoms with Crippen LogP contribution >= 0.6 is 11.6 Å². The molecule has 0 amide bonds. The molecule has 1 aromatic rings. The molecule has 0 bridgehead atoms. The topological polar surface area (TPSA) is 49.3 Å². The summed E-state index contributed by atoms with van der Waals surface area (Å²) in [5.74, 6) is -0.947. The minimum absolute atomic E-state index is 0.553. The molecule has 1 rings (SSSR count). The van der Waals surface area contributed by atoms with Gasteiger partial charge in [-0.2, -0.15) is 0 Å². The monoisotopic (exact) mass is 225 g/mol. The second-order valence-electron chi connectivity index (χ2n) is 3.27. The molecule has 0 aliphatic rings. The third-order valence-electron chi connectivity index (χ3n) is 1.89. The third kappa shape index (κ3) is 3.29. The highest BCUT2D eigenvalue weighted by molar-refractivity contribution is 6.30. The summed E-state index contributed by atoms with van der Waals surface area (Å²) in [5.41, 5.74) is 1.26. The predicted octanol–water partition coefficient (Wildman–Crippen LogP) is 2.78. The minimum atomic E-state index is -0.947. The molecule has 0 spiro atoms. The van der Waals surface area contributed by atoms with Crippen LogP contribution in [-0.2, 0) is 4.79 Å². The molecule has 1 atom stereocenters. The molecular weight excluding hydrogens is 214 g/mol. The van der Waals surface area contributed by atoms with Crippen LogP contribution in [0.15, 0.2) is 36.4 Å². The van der Waals surface area contributed by atoms with Gasteiger partial charge in [0.2, 0.25) is 0 Å². The summed E-state index contributed by atoms with van der Waals surface area (Å²) in [6, 6.07) is 6.07. The van der Waals surface area contributed by atoms with Gasteiger partial charge in [-0.05, 0) is 36.8 Å². The van der Waals surface area contributed by atoms with Crippen molar-refractivity contribution < 1.29 is 9.90 Å². The lowest BCUT2D eigenvalue weighted by atomic mass is 10.1. The van der Waals surface area contributed by atoms with Crippen molar-refractivity contribution in [2.24, 2.45) is 0 Å². The van der Waals surface area contributed by atoms with E-state index in [9.17, 15) is 4.79 Å². The Balaban J connectivity index is 2.79. The molecule has 4 heteroatoms. The zero-order chi connectivity index (χ0) is 11.4. The van der Waals surface area contributed by atoms with Crippen molar-refractivity contribution in [3.63, 3.8) is 0 Å². The van der Waals surface area contributed by atoms with Crippen molar-refractivity contribution in [3.8, 4) is 0 Å². The quantitative estimate of drug-likeness (QED) is 0.775. The maximum Gasteiger partial charge on any atom is 0.330 e. The number of anilines is 1. The predicted molar refractivity (Wildman–Crippen MR) is 61.3 cm³/mol. The van der Waals surface area contributed by atoms with Crippen LogP contribution in [0.25, 0.3) is 0 Å². The average Bonchev–Trinajstić information content (AvgIpc) is 2.15. The normalized spacial score (nSPS) is 11.9. The fourth-order valence-electron chi connectivity index (χ4n) is 1.11. The molecule has 0 aromatic heterocycles. The van der Waals surface area contributed by atoms with Gasteiger partial charge in [0.25, 0.3) is 0 Å². The number of carbonyl (C=O) groups is 1. The zero-order valence-corrected chi connectivity index (χ0v) is 9.08. The van der Waals surface area contributed by atoms with E-state index in [2.05, 4.69) is 11.9 Å². The molecule has 15 heavy (non-hydrogen) atoms. The highest BCUT2D eigenvalue weighted by atomic mass is 35.5. The number of halogens is 1. The molecule has 0 heterocycles. The number of nitrogens with one attached hydrogen (secondary N) is 1. The average molecular weight is 226 g/mol. The molecule has 0 fully saturated rings. The van der Waals surface area contributed by atoms with E-state index < -0.39 is 12.0 Å². The summed E-state index contributed by atoms with van der Waals surface area (Å²) in [7, 11) is 0. The van der Waals surface area contributed by atoms with Crippen molar-refractivity contribution in [2.75, 3.05) is 5.32 Å². The standard InChI is InChI=1S/C11H12ClNO2/c1-7(2)10(11(14)15)13-9-5-3-8(12)4-6-9/h3-6,10,13H,1H2,2H3,(H,14,15). The fourth-order valence-corrected chi connectivity index (χ4v) is 1.23. The van der Waals surface area contributed by atoms with E-state index in [1.807, 2.05) is 0 Å². The van der Waals surface area contributed by atoms with Gasteiger partial charge in [-0.3, -0.25) is 0 Å². The summed E-state index contributed by atoms with van der Waals surface area (Å²) in [6.45, 7) is 5.29. The van der Waals surface area contributed by atoms with E-state index in [1.54, 1.807) is 31.2 Å². The van der Waals surface area contributed by atoms with Crippen LogP contribution in [0.4, 0.5) is 5.69 Å². The Morgan fingerprint density at radius 2 is 2.00 bits per heavy atom. The maximum absolute atomic E-state index is 10.9. The minimum Gasteiger partial charge on any atom is -0.479 e. The van der Waals surface area contributed by atoms with Crippen molar-refractivity contribution in [3.05, 3.63) is 41.4 Å². The van der Waals surface area contributed by atoms with Crippen LogP contribution in [0.2, 0.25) is 5.02 Å². The SMILES string of the molecule is C=C(C)C(Nc1ccc(Cl)cc1)C(=O)O. The summed E-state index contributed by atoms with van der Waals surface area (Å²) < 4.78 is 0. The molecule has 0 saturated heterocycles. The van der Waals surface area contributed by atoms with Gasteiger partial charge >= 0.3 is 5.97 Å². The van der Waals surface area contributed by atoms with Crippen LogP contribution in [0.5, 0.6) is 0 Å². The molecule has 1 unspecified atom stereocenters. The van der Waals surface area contributed by atoms with E-state index in [0.717, 1.165) is 0 Å².